The minimum atomic E-state index is -0.0313. The van der Waals surface area contributed by atoms with Crippen molar-refractivity contribution in [3.05, 3.63) is 178 Å². The average Bonchev–Trinajstić information content (AvgIpc) is 3.19. The summed E-state index contributed by atoms with van der Waals surface area (Å²) in [5, 5.41) is 9.58. The van der Waals surface area contributed by atoms with Crippen LogP contribution in [0.25, 0.3) is 0 Å². The number of rotatable bonds is 2. The molecule has 0 saturated carbocycles. The quantitative estimate of drug-likeness (QED) is 0.187. The zero-order chi connectivity index (χ0) is 37.3. The van der Waals surface area contributed by atoms with Crippen LogP contribution in [0.3, 0.4) is 0 Å². The Morgan fingerprint density at radius 2 is 0.911 bits per heavy atom. The van der Waals surface area contributed by atoms with Gasteiger partial charge in [0.2, 0.25) is 13.4 Å². The summed E-state index contributed by atoms with van der Waals surface area (Å²) in [5.74, 6) is 0. The summed E-state index contributed by atoms with van der Waals surface area (Å²) in [5.41, 5.74) is 25.5. The fourth-order valence-electron chi connectivity index (χ4n) is 9.95. The Morgan fingerprint density at radius 1 is 0.446 bits per heavy atom. The maximum Gasteiger partial charge on any atom is 0.248 e. The lowest BCUT2D eigenvalue weighted by molar-refractivity contribution is 1.25. The number of benzene rings is 7. The molecule has 0 bridgehead atoms. The van der Waals surface area contributed by atoms with Gasteiger partial charge in [0, 0.05) is 41.2 Å². The highest BCUT2D eigenvalue weighted by Gasteiger charge is 2.47. The van der Waals surface area contributed by atoms with Crippen LogP contribution < -0.4 is 42.6 Å². The van der Waals surface area contributed by atoms with Crippen LogP contribution in [-0.2, 0) is 0 Å². The molecule has 0 atom stereocenters. The van der Waals surface area contributed by atoms with Gasteiger partial charge >= 0.3 is 0 Å². The van der Waals surface area contributed by atoms with E-state index in [-0.39, 0.29) is 20.9 Å². The molecule has 11 rings (SSSR count). The summed E-state index contributed by atoms with van der Waals surface area (Å²) >= 11 is 0. The number of nitrogens with one attached hydrogen (secondary N) is 1. The molecule has 7 aromatic carbocycles. The molecule has 6 heteroatoms. The topological polar surface area (TPSA) is 42.7 Å². The first-order valence-electron chi connectivity index (χ1n) is 19.3. The van der Waals surface area contributed by atoms with Gasteiger partial charge in [-0.05, 0) is 114 Å². The van der Waals surface area contributed by atoms with Crippen molar-refractivity contribution in [3.8, 4) is 0 Å². The van der Waals surface area contributed by atoms with Crippen LogP contribution in [-0.4, -0.2) is 31.9 Å². The largest absolute Gasteiger partial charge is 0.311 e. The summed E-state index contributed by atoms with van der Waals surface area (Å²) < 4.78 is 0. The van der Waals surface area contributed by atoms with Gasteiger partial charge in [-0.25, -0.2) is 0 Å². The minimum Gasteiger partial charge on any atom is -0.311 e. The average molecular weight is 721 g/mol. The van der Waals surface area contributed by atoms with Gasteiger partial charge in [-0.15, -0.1) is 0 Å². The molecule has 56 heavy (non-hydrogen) atoms. The number of nitrogens with zero attached hydrogens (tertiary/aromatic N) is 3. The molecule has 0 radical (unpaired) electrons. The molecule has 4 heterocycles. The van der Waals surface area contributed by atoms with Crippen molar-refractivity contribution in [2.24, 2.45) is 4.99 Å². The lowest BCUT2D eigenvalue weighted by atomic mass is 9.29. The number of fused-ring (bicyclic) bond motifs is 8. The standard InChI is InChI=1S/C49H38B2N4.CH4/c1-28-12-18-32(19-13-28)54-42-10-6-8-34-46(42)50(38-22-16-30(3)24-36(38)48(34)52)40-26-41-45(27-44(40)54)55(33-20-14-29(2)15-21-33)43-11-7-9-35-47(43)51(41)39-23-17-31(4)25-37(39)49(35)53-5;/h6-27,52H,1-5H3;1H4. The van der Waals surface area contributed by atoms with Crippen molar-refractivity contribution in [1.82, 2.24) is 0 Å². The van der Waals surface area contributed by atoms with Crippen molar-refractivity contribution in [3.63, 3.8) is 0 Å². The van der Waals surface area contributed by atoms with Crippen LogP contribution in [0.2, 0.25) is 0 Å². The second-order valence-corrected chi connectivity index (χ2v) is 15.8. The first-order valence-corrected chi connectivity index (χ1v) is 19.3. The van der Waals surface area contributed by atoms with Gasteiger partial charge in [-0.2, -0.15) is 0 Å². The second kappa shape index (κ2) is 12.3. The minimum absolute atomic E-state index is 0. The van der Waals surface area contributed by atoms with E-state index in [0.29, 0.717) is 5.71 Å². The van der Waals surface area contributed by atoms with Gasteiger partial charge in [0.15, 0.2) is 0 Å². The van der Waals surface area contributed by atoms with Crippen molar-refractivity contribution >= 4 is 91.8 Å². The summed E-state index contributed by atoms with van der Waals surface area (Å²) in [4.78, 5) is 9.91. The van der Waals surface area contributed by atoms with Gasteiger partial charge in [0.05, 0.1) is 11.4 Å². The molecule has 0 aromatic heterocycles. The summed E-state index contributed by atoms with van der Waals surface area (Å²) in [6.07, 6.45) is 0. The van der Waals surface area contributed by atoms with E-state index in [1.165, 1.54) is 83.2 Å². The molecular weight excluding hydrogens is 678 g/mol. The predicted molar refractivity (Wildman–Crippen MR) is 241 cm³/mol. The first kappa shape index (κ1) is 34.1. The molecular formula is C50H42B2N4. The van der Waals surface area contributed by atoms with E-state index in [9.17, 15) is 5.41 Å². The Labute approximate surface area is 330 Å². The third-order valence-electron chi connectivity index (χ3n) is 12.4. The highest BCUT2D eigenvalue weighted by molar-refractivity contribution is 7.03. The van der Waals surface area contributed by atoms with Crippen molar-refractivity contribution in [2.75, 3.05) is 16.8 Å². The molecule has 0 unspecified atom stereocenters. The summed E-state index contributed by atoms with van der Waals surface area (Å²) in [6, 6.07) is 49.8. The van der Waals surface area contributed by atoms with E-state index in [0.717, 1.165) is 33.9 Å². The normalized spacial score (nSPS) is 14.7. The maximum atomic E-state index is 9.58. The molecule has 4 nitrogen and oxygen atoms in total. The number of aryl methyl sites for hydroxylation is 4. The Kier molecular flexibility index (Phi) is 7.50. The van der Waals surface area contributed by atoms with E-state index in [2.05, 4.69) is 171 Å². The fraction of sp³-hybridized carbons (Fsp3) is 0.120. The van der Waals surface area contributed by atoms with Gasteiger partial charge in [-0.1, -0.05) is 132 Å². The third kappa shape index (κ3) is 4.62. The Hall–Kier alpha value is -6.39. The fourth-order valence-corrected chi connectivity index (χ4v) is 9.95. The van der Waals surface area contributed by atoms with E-state index >= 15 is 0 Å². The highest BCUT2D eigenvalue weighted by Crippen LogP contribution is 2.44. The molecule has 7 aromatic rings. The van der Waals surface area contributed by atoms with Crippen LogP contribution in [0.5, 0.6) is 0 Å². The van der Waals surface area contributed by atoms with E-state index in [1.807, 2.05) is 7.05 Å². The molecule has 268 valence electrons. The van der Waals surface area contributed by atoms with Crippen molar-refractivity contribution in [2.45, 2.75) is 35.1 Å². The number of hydrogen-bond donors (Lipinski definition) is 1. The van der Waals surface area contributed by atoms with Gasteiger partial charge < -0.3 is 9.80 Å². The van der Waals surface area contributed by atoms with E-state index in [4.69, 9.17) is 4.99 Å². The molecule has 0 amide bonds. The number of hydrogen-bond acceptors (Lipinski definition) is 4. The molecule has 1 N–H and O–H groups in total. The van der Waals surface area contributed by atoms with E-state index in [1.54, 1.807) is 0 Å². The lowest BCUT2D eigenvalue weighted by Crippen LogP contribution is -2.66. The Morgan fingerprint density at radius 3 is 1.45 bits per heavy atom. The Balaban J connectivity index is 0.00000384. The van der Waals surface area contributed by atoms with Crippen LogP contribution in [0.4, 0.5) is 34.1 Å². The zero-order valence-corrected chi connectivity index (χ0v) is 31.7. The molecule has 0 aliphatic carbocycles. The third-order valence-corrected chi connectivity index (χ3v) is 12.4. The number of anilines is 6. The number of aliphatic imine (C=N–C) groups is 1. The van der Waals surface area contributed by atoms with Crippen molar-refractivity contribution < 1.29 is 0 Å². The monoisotopic (exact) mass is 720 g/mol. The van der Waals surface area contributed by atoms with Crippen molar-refractivity contribution in [1.29, 1.82) is 5.41 Å². The molecule has 4 aliphatic heterocycles. The predicted octanol–water partition coefficient (Wildman–Crippen LogP) is 7.67. The van der Waals surface area contributed by atoms with Crippen LogP contribution in [0.1, 0.15) is 51.9 Å². The Bertz CT molecular complexity index is 2850. The smallest absolute Gasteiger partial charge is 0.248 e. The first-order chi connectivity index (χ1) is 26.8. The van der Waals surface area contributed by atoms with Gasteiger partial charge in [0.25, 0.3) is 0 Å². The molecule has 0 spiro atoms. The SMILES string of the molecule is C.CN=C1c2cc(C)ccc2B2c3cc4c(cc3N(c3ccc(C)cc3)c3cccc1c32)N(c1ccc(C)cc1)c1cccc2c1B4c1ccc(C)cc1C2=N. The maximum absolute atomic E-state index is 9.58. The molecule has 0 fully saturated rings. The molecule has 4 aliphatic rings. The van der Waals surface area contributed by atoms with Gasteiger partial charge in [0.1, 0.15) is 0 Å². The van der Waals surface area contributed by atoms with Crippen LogP contribution in [0, 0.1) is 33.1 Å². The molecule has 0 saturated heterocycles. The van der Waals surface area contributed by atoms with E-state index < -0.39 is 0 Å². The summed E-state index contributed by atoms with van der Waals surface area (Å²) in [7, 11) is 1.93. The highest BCUT2D eigenvalue weighted by atomic mass is 15.2. The van der Waals surface area contributed by atoms with Gasteiger partial charge in [-0.3, -0.25) is 10.4 Å². The van der Waals surface area contributed by atoms with Crippen LogP contribution in [0.15, 0.2) is 138 Å². The lowest BCUT2D eigenvalue weighted by Gasteiger charge is -2.44. The summed E-state index contributed by atoms with van der Waals surface area (Å²) in [6.45, 7) is 8.60. The van der Waals surface area contributed by atoms with Crippen LogP contribution >= 0.6 is 0 Å². The zero-order valence-electron chi connectivity index (χ0n) is 31.7. The second-order valence-electron chi connectivity index (χ2n) is 15.8.